The second kappa shape index (κ2) is 8.35. The summed E-state index contributed by atoms with van der Waals surface area (Å²) in [5, 5.41) is 7.61. The maximum absolute atomic E-state index is 12.8. The number of nitrogens with one attached hydrogen (secondary N) is 1. The molecule has 0 unspecified atom stereocenters. The number of carbonyl (C=O) groups is 2. The van der Waals surface area contributed by atoms with Gasteiger partial charge in [-0.25, -0.2) is 4.79 Å². The number of rotatable bonds is 6. The van der Waals surface area contributed by atoms with Crippen molar-refractivity contribution in [2.75, 3.05) is 18.7 Å². The van der Waals surface area contributed by atoms with Crippen molar-refractivity contribution >= 4 is 39.9 Å². The molecular weight excluding hydrogens is 432 g/mol. The molecule has 1 aliphatic heterocycles. The number of esters is 1. The predicted octanol–water partition coefficient (Wildman–Crippen LogP) is 4.64. The van der Waals surface area contributed by atoms with Crippen molar-refractivity contribution in [2.45, 2.75) is 13.3 Å². The number of thiophene rings is 1. The topological polar surface area (TPSA) is 99.9 Å². The lowest BCUT2D eigenvalue weighted by molar-refractivity contribution is -0.115. The SMILES string of the molecule is CCOC(=O)c1sc(-c2ccc3c(c2)OCO3)cc1NC(=O)Cc1noc2ccccc12. The Morgan fingerprint density at radius 3 is 2.84 bits per heavy atom. The van der Waals surface area contributed by atoms with Crippen molar-refractivity contribution in [3.63, 3.8) is 0 Å². The highest BCUT2D eigenvalue weighted by Crippen LogP contribution is 2.40. The molecule has 8 nitrogen and oxygen atoms in total. The highest BCUT2D eigenvalue weighted by Gasteiger charge is 2.22. The molecule has 1 N–H and O–H groups in total. The Hall–Kier alpha value is -3.85. The molecule has 0 saturated heterocycles. The molecule has 0 radical (unpaired) electrons. The molecule has 0 atom stereocenters. The van der Waals surface area contributed by atoms with E-state index in [2.05, 4.69) is 10.5 Å². The third-order valence-corrected chi connectivity index (χ3v) is 6.07. The van der Waals surface area contributed by atoms with E-state index in [-0.39, 0.29) is 25.7 Å². The highest BCUT2D eigenvalue weighted by atomic mass is 32.1. The Kier molecular flexibility index (Phi) is 5.24. The maximum atomic E-state index is 12.8. The molecule has 9 heteroatoms. The van der Waals surface area contributed by atoms with Crippen LogP contribution in [0, 0.1) is 0 Å². The van der Waals surface area contributed by atoms with E-state index < -0.39 is 5.97 Å². The van der Waals surface area contributed by atoms with Crippen molar-refractivity contribution in [2.24, 2.45) is 0 Å². The molecule has 1 aliphatic rings. The van der Waals surface area contributed by atoms with Gasteiger partial charge in [0.15, 0.2) is 17.1 Å². The molecule has 32 heavy (non-hydrogen) atoms. The van der Waals surface area contributed by atoms with Crippen LogP contribution in [-0.2, 0) is 16.0 Å². The zero-order valence-corrected chi connectivity index (χ0v) is 17.9. The molecule has 0 fully saturated rings. The van der Waals surface area contributed by atoms with Crippen molar-refractivity contribution < 1.29 is 28.3 Å². The van der Waals surface area contributed by atoms with Crippen molar-refractivity contribution in [1.29, 1.82) is 0 Å². The first-order chi connectivity index (χ1) is 15.6. The Morgan fingerprint density at radius 2 is 1.97 bits per heavy atom. The van der Waals surface area contributed by atoms with Crippen molar-refractivity contribution in [3.05, 3.63) is 59.1 Å². The van der Waals surface area contributed by atoms with Crippen LogP contribution in [0.3, 0.4) is 0 Å². The molecule has 162 valence electrons. The minimum atomic E-state index is -0.494. The molecular formula is C23H18N2O6S. The van der Waals surface area contributed by atoms with Gasteiger partial charge in [0.05, 0.1) is 18.7 Å². The van der Waals surface area contributed by atoms with Crippen LogP contribution in [0.5, 0.6) is 11.5 Å². The van der Waals surface area contributed by atoms with Crippen LogP contribution in [0.2, 0.25) is 0 Å². The number of para-hydroxylation sites is 1. The van der Waals surface area contributed by atoms with Gasteiger partial charge >= 0.3 is 5.97 Å². The van der Waals surface area contributed by atoms with Gasteiger partial charge in [0.2, 0.25) is 12.7 Å². The van der Waals surface area contributed by atoms with Crippen LogP contribution >= 0.6 is 11.3 Å². The number of anilines is 1. The van der Waals surface area contributed by atoms with Crippen LogP contribution in [0.4, 0.5) is 5.69 Å². The molecule has 5 rings (SSSR count). The number of ether oxygens (including phenoxy) is 3. The van der Waals surface area contributed by atoms with Crippen LogP contribution in [0.1, 0.15) is 22.3 Å². The Morgan fingerprint density at radius 1 is 1.12 bits per heavy atom. The molecule has 0 saturated carbocycles. The number of fused-ring (bicyclic) bond motifs is 2. The molecule has 0 bridgehead atoms. The first-order valence-electron chi connectivity index (χ1n) is 9.96. The van der Waals surface area contributed by atoms with Gasteiger partial charge in [-0.15, -0.1) is 11.3 Å². The van der Waals surface area contributed by atoms with E-state index in [9.17, 15) is 9.59 Å². The Balaban J connectivity index is 1.42. The average molecular weight is 450 g/mol. The number of amides is 1. The molecule has 0 aliphatic carbocycles. The van der Waals surface area contributed by atoms with Crippen molar-refractivity contribution in [1.82, 2.24) is 5.16 Å². The maximum Gasteiger partial charge on any atom is 0.350 e. The highest BCUT2D eigenvalue weighted by molar-refractivity contribution is 7.18. The normalized spacial score (nSPS) is 12.2. The van der Waals surface area contributed by atoms with Gasteiger partial charge in [-0.3, -0.25) is 4.79 Å². The van der Waals surface area contributed by atoms with Gasteiger partial charge < -0.3 is 24.1 Å². The van der Waals surface area contributed by atoms with Gasteiger partial charge in [0, 0.05) is 10.3 Å². The third-order valence-electron chi connectivity index (χ3n) is 4.90. The molecule has 3 heterocycles. The standard InChI is InChI=1S/C23H18N2O6S/c1-2-28-23(27)22-16(10-20(32-22)13-7-8-18-19(9-13)30-12-29-18)24-21(26)11-15-14-5-3-4-6-17(14)31-25-15/h3-10H,2,11-12H2,1H3,(H,24,26). The number of benzene rings is 2. The van der Waals surface area contributed by atoms with Gasteiger partial charge in [-0.2, -0.15) is 0 Å². The smallest absolute Gasteiger partial charge is 0.350 e. The van der Waals surface area contributed by atoms with Crippen LogP contribution < -0.4 is 14.8 Å². The fourth-order valence-corrected chi connectivity index (χ4v) is 4.44. The minimum Gasteiger partial charge on any atom is -0.462 e. The summed E-state index contributed by atoms with van der Waals surface area (Å²) in [4.78, 5) is 26.4. The van der Waals surface area contributed by atoms with E-state index in [1.807, 2.05) is 36.4 Å². The molecule has 4 aromatic rings. The van der Waals surface area contributed by atoms with Crippen molar-refractivity contribution in [3.8, 4) is 21.9 Å². The van der Waals surface area contributed by atoms with E-state index in [1.165, 1.54) is 11.3 Å². The average Bonchev–Trinajstić information content (AvgIpc) is 3.52. The Bertz CT molecular complexity index is 1330. The summed E-state index contributed by atoms with van der Waals surface area (Å²) < 4.78 is 21.3. The zero-order valence-electron chi connectivity index (χ0n) is 17.0. The number of aromatic nitrogens is 1. The molecule has 1 amide bonds. The Labute approximate surface area is 186 Å². The summed E-state index contributed by atoms with van der Waals surface area (Å²) in [5.74, 6) is 0.498. The summed E-state index contributed by atoms with van der Waals surface area (Å²) in [7, 11) is 0. The summed E-state index contributed by atoms with van der Waals surface area (Å²) in [5.41, 5.74) is 2.37. The lowest BCUT2D eigenvalue weighted by Crippen LogP contribution is -2.16. The quantitative estimate of drug-likeness (QED) is 0.427. The van der Waals surface area contributed by atoms with E-state index in [1.54, 1.807) is 19.1 Å². The first-order valence-corrected chi connectivity index (χ1v) is 10.8. The van der Waals surface area contributed by atoms with E-state index in [0.717, 1.165) is 15.8 Å². The monoisotopic (exact) mass is 450 g/mol. The second-order valence-corrected chi connectivity index (χ2v) is 8.04. The molecule has 2 aromatic carbocycles. The third kappa shape index (κ3) is 3.78. The largest absolute Gasteiger partial charge is 0.462 e. The lowest BCUT2D eigenvalue weighted by atomic mass is 10.1. The van der Waals surface area contributed by atoms with Gasteiger partial charge in [0.1, 0.15) is 10.6 Å². The zero-order chi connectivity index (χ0) is 22.1. The fraction of sp³-hybridized carbons (Fsp3) is 0.174. The summed E-state index contributed by atoms with van der Waals surface area (Å²) in [6.07, 6.45) is 0.00842. The number of carbonyl (C=O) groups excluding carboxylic acids is 2. The number of hydrogen-bond acceptors (Lipinski definition) is 8. The van der Waals surface area contributed by atoms with Crippen LogP contribution in [0.15, 0.2) is 53.1 Å². The van der Waals surface area contributed by atoms with Crippen LogP contribution in [0.25, 0.3) is 21.4 Å². The van der Waals surface area contributed by atoms with E-state index in [0.29, 0.717) is 33.3 Å². The summed E-state index contributed by atoms with van der Waals surface area (Å²) >= 11 is 1.24. The summed E-state index contributed by atoms with van der Waals surface area (Å²) in [6, 6.07) is 14.6. The van der Waals surface area contributed by atoms with Gasteiger partial charge in [0.25, 0.3) is 0 Å². The molecule has 2 aromatic heterocycles. The van der Waals surface area contributed by atoms with Crippen LogP contribution in [-0.4, -0.2) is 30.4 Å². The number of hydrogen-bond donors (Lipinski definition) is 1. The predicted molar refractivity (Wildman–Crippen MR) is 118 cm³/mol. The number of nitrogens with zero attached hydrogens (tertiary/aromatic N) is 1. The van der Waals surface area contributed by atoms with Gasteiger partial charge in [-0.1, -0.05) is 17.3 Å². The summed E-state index contributed by atoms with van der Waals surface area (Å²) in [6.45, 7) is 2.14. The van der Waals surface area contributed by atoms with E-state index >= 15 is 0 Å². The van der Waals surface area contributed by atoms with E-state index in [4.69, 9.17) is 18.7 Å². The second-order valence-electron chi connectivity index (χ2n) is 6.99. The minimum absolute atomic E-state index is 0.00842. The lowest BCUT2D eigenvalue weighted by Gasteiger charge is -2.05. The first kappa shape index (κ1) is 20.1. The molecule has 0 spiro atoms. The van der Waals surface area contributed by atoms with Gasteiger partial charge in [-0.05, 0) is 48.9 Å². The fourth-order valence-electron chi connectivity index (χ4n) is 3.44.